The van der Waals surface area contributed by atoms with Crippen molar-refractivity contribution in [2.24, 2.45) is 10.1 Å². The van der Waals surface area contributed by atoms with Gasteiger partial charge in [0.15, 0.2) is 5.17 Å². The molecule has 0 radical (unpaired) electrons. The number of amidine groups is 1. The summed E-state index contributed by atoms with van der Waals surface area (Å²) in [4.78, 5) is 40.7. The Hall–Kier alpha value is -4.24. The second-order valence-corrected chi connectivity index (χ2v) is 10.0. The first-order valence-corrected chi connectivity index (χ1v) is 12.7. The molecule has 0 saturated heterocycles. The molecule has 0 fully saturated rings. The molecule has 2 amide bonds. The van der Waals surface area contributed by atoms with E-state index < -0.39 is 11.2 Å². The Labute approximate surface area is 218 Å². The summed E-state index contributed by atoms with van der Waals surface area (Å²) in [5, 5.41) is 18.2. The number of thioether (sulfide) groups is 1. The van der Waals surface area contributed by atoms with Gasteiger partial charge in [0.1, 0.15) is 5.25 Å². The highest BCUT2D eigenvalue weighted by Crippen LogP contribution is 2.38. The monoisotopic (exact) mass is 512 g/mol. The van der Waals surface area contributed by atoms with Crippen LogP contribution in [0.3, 0.4) is 0 Å². The number of aryl methyl sites for hydroxylation is 1. The summed E-state index contributed by atoms with van der Waals surface area (Å²) in [5.41, 5.74) is 4.75. The number of aliphatic imine (C=N–C) groups is 1. The van der Waals surface area contributed by atoms with Gasteiger partial charge in [0.25, 0.3) is 5.91 Å². The van der Waals surface area contributed by atoms with Gasteiger partial charge >= 0.3 is 5.97 Å². The van der Waals surface area contributed by atoms with Crippen molar-refractivity contribution in [3.05, 3.63) is 101 Å². The maximum absolute atomic E-state index is 12.8. The van der Waals surface area contributed by atoms with Crippen LogP contribution in [0.1, 0.15) is 45.9 Å². The number of anilines is 1. The molecular weight excluding hydrogens is 488 g/mol. The number of carbonyl (C=O) groups is 3. The van der Waals surface area contributed by atoms with E-state index in [0.717, 1.165) is 16.8 Å². The van der Waals surface area contributed by atoms with Gasteiger partial charge in [-0.25, -0.2) is 9.80 Å². The number of aromatic carboxylic acids is 1. The average Bonchev–Trinajstić information content (AvgIpc) is 3.49. The third-order valence-electron chi connectivity index (χ3n) is 6.19. The van der Waals surface area contributed by atoms with Crippen molar-refractivity contribution in [1.29, 1.82) is 0 Å². The Morgan fingerprint density at radius 2 is 1.73 bits per heavy atom. The van der Waals surface area contributed by atoms with Crippen LogP contribution in [0.15, 0.2) is 89.0 Å². The zero-order valence-electron chi connectivity index (χ0n) is 20.0. The molecule has 2 unspecified atom stereocenters. The van der Waals surface area contributed by atoms with Gasteiger partial charge in [0.2, 0.25) is 5.91 Å². The summed E-state index contributed by atoms with van der Waals surface area (Å²) in [6.45, 7) is 2.04. The molecule has 2 aliphatic rings. The molecule has 9 heteroatoms. The van der Waals surface area contributed by atoms with Crippen molar-refractivity contribution in [3.63, 3.8) is 0 Å². The van der Waals surface area contributed by atoms with Crippen molar-refractivity contribution in [1.82, 2.24) is 5.01 Å². The smallest absolute Gasteiger partial charge is 0.335 e. The second kappa shape index (κ2) is 10.4. The minimum absolute atomic E-state index is 0.0600. The van der Waals surface area contributed by atoms with E-state index >= 15 is 0 Å². The van der Waals surface area contributed by atoms with Crippen LogP contribution in [0.25, 0.3) is 0 Å². The van der Waals surface area contributed by atoms with E-state index in [1.165, 1.54) is 41.6 Å². The highest BCUT2D eigenvalue weighted by atomic mass is 32.2. The van der Waals surface area contributed by atoms with Gasteiger partial charge in [-0.05, 0) is 42.3 Å². The maximum atomic E-state index is 12.8. The van der Waals surface area contributed by atoms with Crippen LogP contribution in [0.5, 0.6) is 0 Å². The van der Waals surface area contributed by atoms with Gasteiger partial charge in [-0.2, -0.15) is 10.1 Å². The lowest BCUT2D eigenvalue weighted by Crippen LogP contribution is -2.25. The van der Waals surface area contributed by atoms with Crippen molar-refractivity contribution < 1.29 is 19.5 Å². The molecular formula is C28H24N4O4S. The number of benzene rings is 3. The Kier molecular flexibility index (Phi) is 6.87. The Bertz CT molecular complexity index is 1400. The van der Waals surface area contributed by atoms with E-state index in [0.29, 0.717) is 17.3 Å². The summed E-state index contributed by atoms with van der Waals surface area (Å²) in [6, 6.07) is 23.9. The van der Waals surface area contributed by atoms with Crippen molar-refractivity contribution in [2.75, 3.05) is 5.32 Å². The SMILES string of the molecule is Cc1ccc(C2=NN(C3=NC(=O)C(CC(=O)Nc4ccc(C(=O)O)cc4)S3)C(c3ccccc3)C2)cc1. The first-order chi connectivity index (χ1) is 17.9. The van der Waals surface area contributed by atoms with Crippen LogP contribution in [0, 0.1) is 6.92 Å². The molecule has 3 aromatic rings. The summed E-state index contributed by atoms with van der Waals surface area (Å²) < 4.78 is 0. The molecule has 8 nitrogen and oxygen atoms in total. The zero-order chi connectivity index (χ0) is 25.9. The number of hydrazone groups is 1. The van der Waals surface area contributed by atoms with Crippen molar-refractivity contribution in [3.8, 4) is 0 Å². The lowest BCUT2D eigenvalue weighted by molar-refractivity contribution is -0.121. The molecule has 0 bridgehead atoms. The predicted octanol–water partition coefficient (Wildman–Crippen LogP) is 4.87. The number of nitrogens with zero attached hydrogens (tertiary/aromatic N) is 3. The lowest BCUT2D eigenvalue weighted by atomic mass is 9.98. The standard InChI is InChI=1S/C28H24N4O4S/c1-17-7-9-18(10-8-17)22-15-23(19-5-3-2-4-6-19)32(31-22)28-30-26(34)24(37-28)16-25(33)29-21-13-11-20(12-14-21)27(35)36/h2-14,23-24H,15-16H2,1H3,(H,29,33)(H,35,36). The van der Waals surface area contributed by atoms with E-state index in [1.54, 1.807) is 5.01 Å². The summed E-state index contributed by atoms with van der Waals surface area (Å²) in [7, 11) is 0. The average molecular weight is 513 g/mol. The summed E-state index contributed by atoms with van der Waals surface area (Å²) >= 11 is 1.24. The molecule has 0 aromatic heterocycles. The largest absolute Gasteiger partial charge is 0.478 e. The fraction of sp³-hybridized carbons (Fsp3) is 0.179. The molecule has 186 valence electrons. The van der Waals surface area contributed by atoms with E-state index in [1.807, 2.05) is 61.5 Å². The maximum Gasteiger partial charge on any atom is 0.335 e. The molecule has 5 rings (SSSR count). The quantitative estimate of drug-likeness (QED) is 0.487. The van der Waals surface area contributed by atoms with Crippen LogP contribution < -0.4 is 5.32 Å². The summed E-state index contributed by atoms with van der Waals surface area (Å²) in [5.74, 6) is -1.77. The predicted molar refractivity (Wildman–Crippen MR) is 144 cm³/mol. The van der Waals surface area contributed by atoms with E-state index in [4.69, 9.17) is 10.2 Å². The minimum Gasteiger partial charge on any atom is -0.478 e. The third kappa shape index (κ3) is 5.46. The Balaban J connectivity index is 1.31. The van der Waals surface area contributed by atoms with Crippen LogP contribution in [0.2, 0.25) is 0 Å². The fourth-order valence-electron chi connectivity index (χ4n) is 4.22. The number of hydrogen-bond acceptors (Lipinski definition) is 6. The van der Waals surface area contributed by atoms with E-state index in [2.05, 4.69) is 10.3 Å². The van der Waals surface area contributed by atoms with Gasteiger partial charge in [-0.3, -0.25) is 9.59 Å². The number of carboxylic acid groups (broad SMARTS) is 1. The highest BCUT2D eigenvalue weighted by Gasteiger charge is 2.39. The van der Waals surface area contributed by atoms with Gasteiger partial charge < -0.3 is 10.4 Å². The first-order valence-electron chi connectivity index (χ1n) is 11.8. The van der Waals surface area contributed by atoms with Crippen LogP contribution in [0.4, 0.5) is 5.69 Å². The number of carboxylic acids is 1. The highest BCUT2D eigenvalue weighted by molar-refractivity contribution is 8.15. The van der Waals surface area contributed by atoms with Gasteiger partial charge in [0.05, 0.1) is 17.3 Å². The van der Waals surface area contributed by atoms with E-state index in [9.17, 15) is 14.4 Å². The number of amides is 2. The number of carbonyl (C=O) groups excluding carboxylic acids is 2. The molecule has 2 atom stereocenters. The molecule has 0 saturated carbocycles. The second-order valence-electron chi connectivity index (χ2n) is 8.86. The normalized spacial score (nSPS) is 18.9. The van der Waals surface area contributed by atoms with Crippen LogP contribution in [-0.2, 0) is 9.59 Å². The number of nitrogens with one attached hydrogen (secondary N) is 1. The minimum atomic E-state index is -1.04. The third-order valence-corrected chi connectivity index (χ3v) is 7.33. The first kappa shape index (κ1) is 24.5. The van der Waals surface area contributed by atoms with Gasteiger partial charge in [0, 0.05) is 18.5 Å². The van der Waals surface area contributed by atoms with Crippen LogP contribution in [-0.4, -0.2) is 44.0 Å². The van der Waals surface area contributed by atoms with Gasteiger partial charge in [-0.15, -0.1) is 0 Å². The topological polar surface area (TPSA) is 111 Å². The molecule has 37 heavy (non-hydrogen) atoms. The molecule has 2 N–H and O–H groups in total. The van der Waals surface area contributed by atoms with Crippen molar-refractivity contribution in [2.45, 2.75) is 31.1 Å². The molecule has 3 aromatic carbocycles. The molecule has 2 aliphatic heterocycles. The lowest BCUT2D eigenvalue weighted by Gasteiger charge is -2.23. The zero-order valence-corrected chi connectivity index (χ0v) is 20.8. The number of rotatable bonds is 6. The Morgan fingerprint density at radius 3 is 2.41 bits per heavy atom. The molecule has 2 heterocycles. The van der Waals surface area contributed by atoms with Crippen LogP contribution >= 0.6 is 11.8 Å². The molecule has 0 aliphatic carbocycles. The fourth-order valence-corrected chi connectivity index (χ4v) is 5.28. The Morgan fingerprint density at radius 1 is 1.03 bits per heavy atom. The number of hydrogen-bond donors (Lipinski definition) is 2. The van der Waals surface area contributed by atoms with E-state index in [-0.39, 0.29) is 29.8 Å². The van der Waals surface area contributed by atoms with Gasteiger partial charge in [-0.1, -0.05) is 71.9 Å². The van der Waals surface area contributed by atoms with Crippen molar-refractivity contribution >= 4 is 46.1 Å². The molecule has 0 spiro atoms. The summed E-state index contributed by atoms with van der Waals surface area (Å²) in [6.07, 6.45) is 0.605.